The number of hydrogen-bond acceptors (Lipinski definition) is 2. The Morgan fingerprint density at radius 1 is 1.53 bits per heavy atom. The Kier molecular flexibility index (Phi) is 4.52. The molecule has 0 bridgehead atoms. The van der Waals surface area contributed by atoms with Crippen LogP contribution in [0, 0.1) is 5.82 Å². The number of halogens is 2. The molecule has 5 heteroatoms. The quantitative estimate of drug-likeness (QED) is 0.814. The zero-order chi connectivity index (χ0) is 11.3. The number of nitrogens with one attached hydrogen (secondary N) is 1. The minimum atomic E-state index is -0.357. The average Bonchev–Trinajstić information content (AvgIpc) is 2.22. The van der Waals surface area contributed by atoms with Crippen molar-refractivity contribution in [3.8, 4) is 0 Å². The van der Waals surface area contributed by atoms with Crippen molar-refractivity contribution in [1.29, 1.82) is 0 Å². The summed E-state index contributed by atoms with van der Waals surface area (Å²) < 4.78 is 13.2. The number of hydrogen-bond donors (Lipinski definition) is 2. The number of benzene rings is 1. The second-order valence-corrected chi connectivity index (χ2v) is 3.41. The summed E-state index contributed by atoms with van der Waals surface area (Å²) in [6, 6.07) is 4.50. The van der Waals surface area contributed by atoms with Crippen LogP contribution in [0.1, 0.15) is 5.56 Å². The summed E-state index contributed by atoms with van der Waals surface area (Å²) in [7, 11) is 0. The standard InChI is InChI=1S/C10H12ClFN2O/c11-8-2-1-3-9(12)7(8)4-5-14-10(15)6-13/h1-3H,4-6,13H2,(H,14,15). The summed E-state index contributed by atoms with van der Waals surface area (Å²) in [5.41, 5.74) is 5.51. The zero-order valence-electron chi connectivity index (χ0n) is 8.09. The van der Waals surface area contributed by atoms with E-state index in [4.69, 9.17) is 17.3 Å². The molecule has 0 aromatic heterocycles. The van der Waals surface area contributed by atoms with Crippen molar-refractivity contribution >= 4 is 17.5 Å². The lowest BCUT2D eigenvalue weighted by molar-refractivity contribution is -0.119. The molecule has 0 unspecified atom stereocenters. The largest absolute Gasteiger partial charge is 0.355 e. The maximum atomic E-state index is 13.2. The SMILES string of the molecule is NCC(=O)NCCc1c(F)cccc1Cl. The van der Waals surface area contributed by atoms with Gasteiger partial charge in [-0.3, -0.25) is 4.79 Å². The van der Waals surface area contributed by atoms with Gasteiger partial charge in [0.2, 0.25) is 5.91 Å². The Bertz CT molecular complexity index is 337. The number of carbonyl (C=O) groups is 1. The fourth-order valence-corrected chi connectivity index (χ4v) is 1.43. The maximum Gasteiger partial charge on any atom is 0.233 e. The summed E-state index contributed by atoms with van der Waals surface area (Å²) in [5, 5.41) is 2.92. The van der Waals surface area contributed by atoms with Gasteiger partial charge in [0.05, 0.1) is 6.54 Å². The van der Waals surface area contributed by atoms with Crippen molar-refractivity contribution in [2.75, 3.05) is 13.1 Å². The van der Waals surface area contributed by atoms with Crippen LogP contribution in [0.4, 0.5) is 4.39 Å². The van der Waals surface area contributed by atoms with E-state index in [1.165, 1.54) is 6.07 Å². The number of carbonyl (C=O) groups excluding carboxylic acids is 1. The summed E-state index contributed by atoms with van der Waals surface area (Å²) in [6.07, 6.45) is 0.358. The van der Waals surface area contributed by atoms with Gasteiger partial charge >= 0.3 is 0 Å². The molecule has 0 atom stereocenters. The van der Waals surface area contributed by atoms with Crippen molar-refractivity contribution in [2.24, 2.45) is 5.73 Å². The molecule has 0 fully saturated rings. The highest BCUT2D eigenvalue weighted by atomic mass is 35.5. The van der Waals surface area contributed by atoms with Gasteiger partial charge in [-0.25, -0.2) is 4.39 Å². The monoisotopic (exact) mass is 230 g/mol. The van der Waals surface area contributed by atoms with Crippen molar-refractivity contribution in [3.05, 3.63) is 34.6 Å². The van der Waals surface area contributed by atoms with Crippen LogP contribution in [-0.2, 0) is 11.2 Å². The molecule has 1 rings (SSSR count). The molecular weight excluding hydrogens is 219 g/mol. The van der Waals surface area contributed by atoms with E-state index in [9.17, 15) is 9.18 Å². The molecule has 0 saturated heterocycles. The molecule has 0 heterocycles. The van der Waals surface area contributed by atoms with Crippen LogP contribution in [0.15, 0.2) is 18.2 Å². The predicted molar refractivity (Wildman–Crippen MR) is 57.2 cm³/mol. The van der Waals surface area contributed by atoms with E-state index in [0.717, 1.165) is 0 Å². The Balaban J connectivity index is 2.54. The van der Waals surface area contributed by atoms with Gasteiger partial charge in [0, 0.05) is 17.1 Å². The lowest BCUT2D eigenvalue weighted by Gasteiger charge is -2.06. The lowest BCUT2D eigenvalue weighted by atomic mass is 10.1. The number of amides is 1. The fraction of sp³-hybridized carbons (Fsp3) is 0.300. The Morgan fingerprint density at radius 2 is 2.27 bits per heavy atom. The highest BCUT2D eigenvalue weighted by Crippen LogP contribution is 2.18. The van der Waals surface area contributed by atoms with Crippen LogP contribution in [0.5, 0.6) is 0 Å². The normalized spacial score (nSPS) is 10.1. The molecule has 0 saturated carbocycles. The van der Waals surface area contributed by atoms with Gasteiger partial charge in [-0.05, 0) is 18.6 Å². The summed E-state index contributed by atoms with van der Waals surface area (Å²) in [6.45, 7) is 0.266. The molecular formula is C10H12ClFN2O. The van der Waals surface area contributed by atoms with Crippen molar-refractivity contribution in [3.63, 3.8) is 0 Å². The van der Waals surface area contributed by atoms with E-state index < -0.39 is 0 Å². The number of rotatable bonds is 4. The molecule has 82 valence electrons. The predicted octanol–water partition coefficient (Wildman–Crippen LogP) is 1.10. The van der Waals surface area contributed by atoms with Crippen LogP contribution >= 0.6 is 11.6 Å². The first-order valence-corrected chi connectivity index (χ1v) is 4.92. The fourth-order valence-electron chi connectivity index (χ4n) is 1.17. The molecule has 15 heavy (non-hydrogen) atoms. The second kappa shape index (κ2) is 5.68. The lowest BCUT2D eigenvalue weighted by Crippen LogP contribution is -2.31. The van der Waals surface area contributed by atoms with Crippen LogP contribution in [0.25, 0.3) is 0 Å². The summed E-state index contributed by atoms with van der Waals surface area (Å²) in [5.74, 6) is -0.619. The van der Waals surface area contributed by atoms with Gasteiger partial charge in [0.1, 0.15) is 5.82 Å². The van der Waals surface area contributed by atoms with Crippen molar-refractivity contribution < 1.29 is 9.18 Å². The molecule has 0 aliphatic rings. The smallest absolute Gasteiger partial charge is 0.233 e. The summed E-state index contributed by atoms with van der Waals surface area (Å²) in [4.78, 5) is 10.8. The van der Waals surface area contributed by atoms with Gasteiger partial charge in [0.25, 0.3) is 0 Å². The molecule has 1 amide bonds. The van der Waals surface area contributed by atoms with Crippen LogP contribution < -0.4 is 11.1 Å². The number of nitrogens with two attached hydrogens (primary N) is 1. The molecule has 0 radical (unpaired) electrons. The first-order valence-electron chi connectivity index (χ1n) is 4.55. The molecule has 0 aliphatic carbocycles. The third kappa shape index (κ3) is 3.49. The topological polar surface area (TPSA) is 55.1 Å². The Morgan fingerprint density at radius 3 is 2.87 bits per heavy atom. The van der Waals surface area contributed by atoms with E-state index in [0.29, 0.717) is 23.6 Å². The van der Waals surface area contributed by atoms with E-state index in [2.05, 4.69) is 5.32 Å². The minimum absolute atomic E-state index is 0.0645. The van der Waals surface area contributed by atoms with E-state index in [1.807, 2.05) is 0 Å². The molecule has 0 aliphatic heterocycles. The average molecular weight is 231 g/mol. The Hall–Kier alpha value is -1.13. The third-order valence-corrected chi connectivity index (χ3v) is 2.30. The van der Waals surface area contributed by atoms with E-state index >= 15 is 0 Å². The van der Waals surface area contributed by atoms with Crippen molar-refractivity contribution in [2.45, 2.75) is 6.42 Å². The molecule has 3 N–H and O–H groups in total. The molecule has 3 nitrogen and oxygen atoms in total. The molecule has 1 aromatic carbocycles. The second-order valence-electron chi connectivity index (χ2n) is 3.00. The first-order chi connectivity index (χ1) is 7.15. The molecule has 0 spiro atoms. The summed E-state index contributed by atoms with van der Waals surface area (Å²) >= 11 is 5.80. The Labute approximate surface area is 92.4 Å². The van der Waals surface area contributed by atoms with Crippen molar-refractivity contribution in [1.82, 2.24) is 5.32 Å². The van der Waals surface area contributed by atoms with E-state index in [-0.39, 0.29) is 18.3 Å². The first kappa shape index (κ1) is 11.9. The van der Waals surface area contributed by atoms with E-state index in [1.54, 1.807) is 12.1 Å². The zero-order valence-corrected chi connectivity index (χ0v) is 8.85. The highest BCUT2D eigenvalue weighted by Gasteiger charge is 2.06. The van der Waals surface area contributed by atoms with Gasteiger partial charge in [-0.15, -0.1) is 0 Å². The molecule has 1 aromatic rings. The minimum Gasteiger partial charge on any atom is -0.355 e. The van der Waals surface area contributed by atoms with Gasteiger partial charge in [-0.1, -0.05) is 17.7 Å². The van der Waals surface area contributed by atoms with Crippen LogP contribution in [-0.4, -0.2) is 19.0 Å². The third-order valence-electron chi connectivity index (χ3n) is 1.94. The van der Waals surface area contributed by atoms with Gasteiger partial charge < -0.3 is 11.1 Å². The van der Waals surface area contributed by atoms with Crippen LogP contribution in [0.2, 0.25) is 5.02 Å². The van der Waals surface area contributed by atoms with Gasteiger partial charge in [-0.2, -0.15) is 0 Å². The highest BCUT2D eigenvalue weighted by molar-refractivity contribution is 6.31. The van der Waals surface area contributed by atoms with Gasteiger partial charge in [0.15, 0.2) is 0 Å². The van der Waals surface area contributed by atoms with Crippen LogP contribution in [0.3, 0.4) is 0 Å². The maximum absolute atomic E-state index is 13.2.